The van der Waals surface area contributed by atoms with Crippen LogP contribution in [0.1, 0.15) is 39.9 Å². The van der Waals surface area contributed by atoms with E-state index in [4.69, 9.17) is 4.74 Å². The first-order chi connectivity index (χ1) is 11.4. The third kappa shape index (κ3) is 4.13. The standard InChI is InChI=1S/C18H31N5O.HI/c1-12(2)11-23-8-7-20-14(23)10-21-17(19-5)22-15-13-6-9-24-16(13)18(15,3)4;/h7-8,12-13,15-16H,6,9-11H2,1-5H3,(H2,19,21,22);1H. The molecule has 2 heterocycles. The Morgan fingerprint density at radius 1 is 1.48 bits per heavy atom. The lowest BCUT2D eigenvalue weighted by molar-refractivity contribution is -0.106. The Kier molecular flexibility index (Phi) is 6.75. The number of hydrogen-bond acceptors (Lipinski definition) is 3. The minimum atomic E-state index is 0. The summed E-state index contributed by atoms with van der Waals surface area (Å²) in [6.45, 7) is 11.5. The topological polar surface area (TPSA) is 63.5 Å². The highest BCUT2D eigenvalue weighted by Gasteiger charge is 2.59. The van der Waals surface area contributed by atoms with Gasteiger partial charge in [0.05, 0.1) is 12.6 Å². The molecule has 6 nitrogen and oxygen atoms in total. The number of guanidine groups is 1. The van der Waals surface area contributed by atoms with E-state index >= 15 is 0 Å². The van der Waals surface area contributed by atoms with Gasteiger partial charge in [-0.25, -0.2) is 4.98 Å². The predicted molar refractivity (Wildman–Crippen MR) is 111 cm³/mol. The Labute approximate surface area is 168 Å². The first kappa shape index (κ1) is 20.5. The number of rotatable bonds is 5. The monoisotopic (exact) mass is 461 g/mol. The molecule has 2 aliphatic rings. The average Bonchev–Trinajstić information content (AvgIpc) is 3.15. The summed E-state index contributed by atoms with van der Waals surface area (Å²) >= 11 is 0. The highest BCUT2D eigenvalue weighted by Crippen LogP contribution is 2.52. The van der Waals surface area contributed by atoms with E-state index in [2.05, 4.69) is 52.9 Å². The number of aromatic nitrogens is 2. The van der Waals surface area contributed by atoms with Gasteiger partial charge in [0.1, 0.15) is 5.82 Å². The second kappa shape index (κ2) is 8.24. The van der Waals surface area contributed by atoms with Crippen molar-refractivity contribution < 1.29 is 4.74 Å². The number of aliphatic imine (C=N–C) groups is 1. The van der Waals surface area contributed by atoms with Crippen molar-refractivity contribution in [3.05, 3.63) is 18.2 Å². The van der Waals surface area contributed by atoms with Crippen LogP contribution in [-0.2, 0) is 17.8 Å². The van der Waals surface area contributed by atoms with Gasteiger partial charge in [-0.3, -0.25) is 4.99 Å². The van der Waals surface area contributed by atoms with Crippen LogP contribution < -0.4 is 10.6 Å². The summed E-state index contributed by atoms with van der Waals surface area (Å²) in [5.41, 5.74) is 0.148. The van der Waals surface area contributed by atoms with Gasteiger partial charge in [0.25, 0.3) is 0 Å². The summed E-state index contributed by atoms with van der Waals surface area (Å²) in [6.07, 6.45) is 5.44. The van der Waals surface area contributed by atoms with Crippen molar-refractivity contribution in [3.63, 3.8) is 0 Å². The van der Waals surface area contributed by atoms with Crippen LogP contribution in [0.4, 0.5) is 0 Å². The summed E-state index contributed by atoms with van der Waals surface area (Å²) in [7, 11) is 1.82. The molecule has 3 unspecified atom stereocenters. The van der Waals surface area contributed by atoms with Crippen LogP contribution in [0.25, 0.3) is 0 Å². The van der Waals surface area contributed by atoms with Crippen molar-refractivity contribution in [2.75, 3.05) is 13.7 Å². The zero-order valence-corrected chi connectivity index (χ0v) is 18.3. The molecule has 2 fully saturated rings. The van der Waals surface area contributed by atoms with E-state index < -0.39 is 0 Å². The lowest BCUT2D eigenvalue weighted by Crippen LogP contribution is -2.67. The molecule has 0 aromatic carbocycles. The molecule has 0 amide bonds. The molecule has 25 heavy (non-hydrogen) atoms. The molecule has 1 aromatic rings. The summed E-state index contributed by atoms with van der Waals surface area (Å²) in [4.78, 5) is 8.86. The molecule has 1 saturated heterocycles. The Morgan fingerprint density at radius 2 is 2.24 bits per heavy atom. The highest BCUT2D eigenvalue weighted by atomic mass is 127. The van der Waals surface area contributed by atoms with Crippen molar-refractivity contribution in [1.82, 2.24) is 20.2 Å². The molecule has 0 spiro atoms. The summed E-state index contributed by atoms with van der Waals surface area (Å²) in [5, 5.41) is 7.03. The third-order valence-corrected chi connectivity index (χ3v) is 5.39. The molecule has 1 aliphatic heterocycles. The van der Waals surface area contributed by atoms with Gasteiger partial charge in [-0.15, -0.1) is 24.0 Å². The van der Waals surface area contributed by atoms with Gasteiger partial charge in [0, 0.05) is 50.0 Å². The van der Waals surface area contributed by atoms with Crippen LogP contribution in [0.3, 0.4) is 0 Å². The number of nitrogens with one attached hydrogen (secondary N) is 2. The van der Waals surface area contributed by atoms with Gasteiger partial charge >= 0.3 is 0 Å². The number of halogens is 1. The second-order valence-corrected chi connectivity index (χ2v) is 8.00. The van der Waals surface area contributed by atoms with Crippen LogP contribution >= 0.6 is 24.0 Å². The number of ether oxygens (including phenoxy) is 1. The van der Waals surface area contributed by atoms with Crippen LogP contribution in [0, 0.1) is 17.3 Å². The molecule has 1 aliphatic carbocycles. The maximum atomic E-state index is 5.87. The number of imidazole rings is 1. The first-order valence-corrected chi connectivity index (χ1v) is 9.02. The lowest BCUT2D eigenvalue weighted by atomic mass is 9.57. The second-order valence-electron chi connectivity index (χ2n) is 8.00. The van der Waals surface area contributed by atoms with E-state index in [1.165, 1.54) is 0 Å². The van der Waals surface area contributed by atoms with Crippen LogP contribution in [-0.4, -0.2) is 41.3 Å². The number of fused-ring (bicyclic) bond motifs is 1. The molecular formula is C18H32IN5O. The van der Waals surface area contributed by atoms with E-state index in [0.29, 0.717) is 30.5 Å². The fraction of sp³-hybridized carbons (Fsp3) is 0.778. The van der Waals surface area contributed by atoms with Gasteiger partial charge < -0.3 is 19.9 Å². The van der Waals surface area contributed by atoms with Crippen molar-refractivity contribution in [2.45, 2.75) is 59.4 Å². The minimum Gasteiger partial charge on any atom is -0.377 e. The summed E-state index contributed by atoms with van der Waals surface area (Å²) in [6, 6.07) is 0.409. The fourth-order valence-electron chi connectivity index (χ4n) is 4.19. The van der Waals surface area contributed by atoms with E-state index in [-0.39, 0.29) is 29.4 Å². The van der Waals surface area contributed by atoms with Crippen molar-refractivity contribution in [3.8, 4) is 0 Å². The zero-order valence-electron chi connectivity index (χ0n) is 16.0. The first-order valence-electron chi connectivity index (χ1n) is 9.02. The van der Waals surface area contributed by atoms with E-state index in [9.17, 15) is 0 Å². The van der Waals surface area contributed by atoms with Crippen LogP contribution in [0.2, 0.25) is 0 Å². The van der Waals surface area contributed by atoms with Gasteiger partial charge in [0.15, 0.2) is 5.96 Å². The van der Waals surface area contributed by atoms with E-state index in [1.54, 1.807) is 0 Å². The number of hydrogen-bond donors (Lipinski definition) is 2. The molecule has 3 rings (SSSR count). The van der Waals surface area contributed by atoms with Gasteiger partial charge in [-0.1, -0.05) is 27.7 Å². The molecular weight excluding hydrogens is 429 g/mol. The molecule has 7 heteroatoms. The van der Waals surface area contributed by atoms with E-state index in [0.717, 1.165) is 31.4 Å². The lowest BCUT2D eigenvalue weighted by Gasteiger charge is -2.54. The summed E-state index contributed by atoms with van der Waals surface area (Å²) < 4.78 is 8.08. The SMILES string of the molecule is CN=C(NCc1nccn1CC(C)C)NC1C2CCOC2C1(C)C.I. The Bertz CT molecular complexity index is 598. The quantitative estimate of drug-likeness (QED) is 0.402. The maximum absolute atomic E-state index is 5.87. The number of nitrogens with zero attached hydrogens (tertiary/aromatic N) is 3. The normalized spacial score (nSPS) is 27.4. The largest absolute Gasteiger partial charge is 0.377 e. The van der Waals surface area contributed by atoms with E-state index in [1.807, 2.05) is 19.4 Å². The molecule has 0 bridgehead atoms. The van der Waals surface area contributed by atoms with Gasteiger partial charge in [0.2, 0.25) is 0 Å². The maximum Gasteiger partial charge on any atom is 0.191 e. The molecule has 3 atom stereocenters. The van der Waals surface area contributed by atoms with Crippen molar-refractivity contribution >= 4 is 29.9 Å². The Morgan fingerprint density at radius 3 is 2.92 bits per heavy atom. The van der Waals surface area contributed by atoms with Crippen LogP contribution in [0.5, 0.6) is 0 Å². The summed E-state index contributed by atoms with van der Waals surface area (Å²) in [5.74, 6) is 3.09. The molecule has 1 aromatic heterocycles. The molecule has 142 valence electrons. The van der Waals surface area contributed by atoms with Crippen molar-refractivity contribution in [2.24, 2.45) is 22.2 Å². The van der Waals surface area contributed by atoms with Crippen LogP contribution in [0.15, 0.2) is 17.4 Å². The van der Waals surface area contributed by atoms with Gasteiger partial charge in [-0.05, 0) is 12.3 Å². The zero-order chi connectivity index (χ0) is 17.3. The Hall–Kier alpha value is -0.830. The average molecular weight is 461 g/mol. The van der Waals surface area contributed by atoms with Gasteiger partial charge in [-0.2, -0.15) is 0 Å². The molecule has 0 radical (unpaired) electrons. The smallest absolute Gasteiger partial charge is 0.191 e. The van der Waals surface area contributed by atoms with Crippen molar-refractivity contribution in [1.29, 1.82) is 0 Å². The fourth-order valence-corrected chi connectivity index (χ4v) is 4.19. The minimum absolute atomic E-state index is 0. The third-order valence-electron chi connectivity index (χ3n) is 5.39. The Balaban J connectivity index is 0.00000225. The predicted octanol–water partition coefficient (Wildman–Crippen LogP) is 2.64. The highest BCUT2D eigenvalue weighted by molar-refractivity contribution is 14.0. The molecule has 1 saturated carbocycles. The molecule has 2 N–H and O–H groups in total.